The number of benzene rings is 1. The van der Waals surface area contributed by atoms with E-state index in [-0.39, 0.29) is 16.3 Å². The van der Waals surface area contributed by atoms with E-state index in [1.807, 2.05) is 0 Å². The molecule has 0 spiro atoms. The van der Waals surface area contributed by atoms with E-state index in [0.717, 1.165) is 29.5 Å². The van der Waals surface area contributed by atoms with Crippen molar-refractivity contribution < 1.29 is 32.6 Å². The molecule has 1 aromatic heterocycles. The van der Waals surface area contributed by atoms with Crippen LogP contribution in [0.5, 0.6) is 5.75 Å². The summed E-state index contributed by atoms with van der Waals surface area (Å²) in [4.78, 5) is 22.4. The molecule has 1 amide bonds. The lowest BCUT2D eigenvalue weighted by molar-refractivity contribution is -0.137. The molecule has 2 rings (SSSR count). The third-order valence-corrected chi connectivity index (χ3v) is 3.37. The van der Waals surface area contributed by atoms with Gasteiger partial charge in [0, 0.05) is 5.69 Å². The van der Waals surface area contributed by atoms with E-state index >= 15 is 0 Å². The highest BCUT2D eigenvalue weighted by Gasteiger charge is 2.30. The zero-order valence-corrected chi connectivity index (χ0v) is 11.5. The first-order chi connectivity index (χ1) is 10.3. The van der Waals surface area contributed by atoms with Crippen molar-refractivity contribution in [3.8, 4) is 5.75 Å². The van der Waals surface area contributed by atoms with Gasteiger partial charge >= 0.3 is 12.3 Å². The number of thiophene rings is 1. The van der Waals surface area contributed by atoms with Gasteiger partial charge in [0.25, 0.3) is 5.91 Å². The summed E-state index contributed by atoms with van der Waals surface area (Å²) in [7, 11) is 0. The molecule has 9 heteroatoms. The highest BCUT2D eigenvalue weighted by Crippen LogP contribution is 2.31. The fourth-order valence-corrected chi connectivity index (χ4v) is 2.31. The van der Waals surface area contributed by atoms with Crippen LogP contribution in [0.15, 0.2) is 35.7 Å². The lowest BCUT2D eigenvalue weighted by Crippen LogP contribution is -2.14. The summed E-state index contributed by atoms with van der Waals surface area (Å²) in [6.07, 6.45) is -6.12. The Kier molecular flexibility index (Phi) is 4.36. The largest absolute Gasteiger partial charge is 0.511 e. The predicted octanol–water partition coefficient (Wildman–Crippen LogP) is 4.08. The van der Waals surface area contributed by atoms with Gasteiger partial charge in [0.05, 0.1) is 5.56 Å². The molecule has 0 aliphatic carbocycles. The molecule has 0 aliphatic heterocycles. The molecule has 0 radical (unpaired) electrons. The highest BCUT2D eigenvalue weighted by atomic mass is 32.1. The number of ether oxygens (including phenoxy) is 1. The van der Waals surface area contributed by atoms with Crippen LogP contribution in [-0.2, 0) is 6.18 Å². The van der Waals surface area contributed by atoms with Crippen LogP contribution in [0.1, 0.15) is 15.2 Å². The molecule has 0 saturated carbocycles. The summed E-state index contributed by atoms with van der Waals surface area (Å²) in [6.45, 7) is 0. The molecule has 0 atom stereocenters. The van der Waals surface area contributed by atoms with Gasteiger partial charge in [-0.1, -0.05) is 6.07 Å². The summed E-state index contributed by atoms with van der Waals surface area (Å²) in [5.41, 5.74) is -0.965. The van der Waals surface area contributed by atoms with Gasteiger partial charge in [-0.05, 0) is 29.6 Å². The maximum atomic E-state index is 12.6. The van der Waals surface area contributed by atoms with Crippen LogP contribution in [0.25, 0.3) is 0 Å². The van der Waals surface area contributed by atoms with E-state index in [1.165, 1.54) is 17.5 Å². The maximum Gasteiger partial charge on any atom is 0.511 e. The minimum absolute atomic E-state index is 0.0557. The summed E-state index contributed by atoms with van der Waals surface area (Å²) < 4.78 is 42.2. The number of rotatable bonds is 3. The van der Waals surface area contributed by atoms with Gasteiger partial charge in [-0.15, -0.1) is 11.3 Å². The zero-order valence-electron chi connectivity index (χ0n) is 10.7. The first kappa shape index (κ1) is 15.8. The average Bonchev–Trinajstić information content (AvgIpc) is 2.85. The number of carboxylic acid groups (broad SMARTS) is 1. The van der Waals surface area contributed by atoms with Crippen LogP contribution < -0.4 is 10.1 Å². The highest BCUT2D eigenvalue weighted by molar-refractivity contribution is 7.12. The molecule has 1 heterocycles. The van der Waals surface area contributed by atoms with Gasteiger partial charge in [0.1, 0.15) is 4.88 Å². The number of carbonyl (C=O) groups excluding carboxylic acids is 1. The molecule has 2 N–H and O–H groups in total. The number of nitrogens with one attached hydrogen (secondary N) is 1. The fraction of sp³-hybridized carbons (Fsp3) is 0.0769. The Morgan fingerprint density at radius 2 is 1.95 bits per heavy atom. The molecule has 0 fully saturated rings. The lowest BCUT2D eigenvalue weighted by atomic mass is 10.2. The molecule has 0 bridgehead atoms. The summed E-state index contributed by atoms with van der Waals surface area (Å²) in [6, 6.07) is 5.38. The zero-order chi connectivity index (χ0) is 16.3. The Bertz CT molecular complexity index is 711. The molecule has 0 unspecified atom stereocenters. The van der Waals surface area contributed by atoms with Crippen molar-refractivity contribution >= 4 is 29.1 Å². The summed E-state index contributed by atoms with van der Waals surface area (Å²) in [5, 5.41) is 12.2. The first-order valence-electron chi connectivity index (χ1n) is 5.74. The van der Waals surface area contributed by atoms with E-state index in [1.54, 1.807) is 0 Å². The Hall–Kier alpha value is -2.55. The van der Waals surface area contributed by atoms with Gasteiger partial charge in [-0.25, -0.2) is 4.79 Å². The number of hydrogen-bond donors (Lipinski definition) is 2. The molecular formula is C13H8F3NO4S. The van der Waals surface area contributed by atoms with Crippen LogP contribution >= 0.6 is 11.3 Å². The Labute approximate surface area is 126 Å². The third-order valence-electron chi connectivity index (χ3n) is 2.48. The molecule has 116 valence electrons. The molecule has 0 saturated heterocycles. The predicted molar refractivity (Wildman–Crippen MR) is 72.4 cm³/mol. The van der Waals surface area contributed by atoms with Crippen LogP contribution in [-0.4, -0.2) is 17.2 Å². The minimum atomic E-state index is -4.53. The SMILES string of the molecule is O=C(O)Oc1ccsc1C(=O)Nc1cccc(C(F)(F)F)c1. The number of carbonyl (C=O) groups is 2. The number of alkyl halides is 3. The topological polar surface area (TPSA) is 75.6 Å². The normalized spacial score (nSPS) is 11.0. The summed E-state index contributed by atoms with van der Waals surface area (Å²) >= 11 is 0.906. The van der Waals surface area contributed by atoms with E-state index < -0.39 is 23.8 Å². The molecule has 5 nitrogen and oxygen atoms in total. The number of anilines is 1. The van der Waals surface area contributed by atoms with Crippen molar-refractivity contribution in [3.63, 3.8) is 0 Å². The number of hydrogen-bond acceptors (Lipinski definition) is 4. The molecular weight excluding hydrogens is 323 g/mol. The van der Waals surface area contributed by atoms with Crippen molar-refractivity contribution in [3.05, 3.63) is 46.2 Å². The first-order valence-corrected chi connectivity index (χ1v) is 6.62. The van der Waals surface area contributed by atoms with Crippen LogP contribution in [0, 0.1) is 0 Å². The van der Waals surface area contributed by atoms with E-state index in [0.29, 0.717) is 0 Å². The number of amides is 1. The quantitative estimate of drug-likeness (QED) is 0.831. The standard InChI is InChI=1S/C13H8F3NO4S/c14-13(15,16)7-2-1-3-8(6-7)17-11(18)10-9(4-5-22-10)21-12(19)20/h1-6H,(H,17,18)(H,19,20). The van der Waals surface area contributed by atoms with E-state index in [9.17, 15) is 22.8 Å². The third kappa shape index (κ3) is 3.76. The van der Waals surface area contributed by atoms with Crippen molar-refractivity contribution in [2.45, 2.75) is 6.18 Å². The Morgan fingerprint density at radius 1 is 1.23 bits per heavy atom. The van der Waals surface area contributed by atoms with Crippen molar-refractivity contribution in [1.29, 1.82) is 0 Å². The molecule has 2 aromatic rings. The van der Waals surface area contributed by atoms with E-state index in [4.69, 9.17) is 5.11 Å². The van der Waals surface area contributed by atoms with Gasteiger partial charge in [-0.2, -0.15) is 13.2 Å². The van der Waals surface area contributed by atoms with Crippen molar-refractivity contribution in [1.82, 2.24) is 0 Å². The van der Waals surface area contributed by atoms with E-state index in [2.05, 4.69) is 10.1 Å². The average molecular weight is 331 g/mol. The van der Waals surface area contributed by atoms with Gasteiger partial charge in [-0.3, -0.25) is 4.79 Å². The Balaban J connectivity index is 2.19. The smallest absolute Gasteiger partial charge is 0.449 e. The second-order valence-corrected chi connectivity index (χ2v) is 4.93. The van der Waals surface area contributed by atoms with Gasteiger partial charge < -0.3 is 15.2 Å². The monoisotopic (exact) mass is 331 g/mol. The minimum Gasteiger partial charge on any atom is -0.449 e. The second-order valence-electron chi connectivity index (χ2n) is 4.01. The molecule has 0 aliphatic rings. The maximum absolute atomic E-state index is 12.6. The lowest BCUT2D eigenvalue weighted by Gasteiger charge is -2.09. The van der Waals surface area contributed by atoms with Gasteiger partial charge in [0.15, 0.2) is 5.75 Å². The molecule has 1 aromatic carbocycles. The van der Waals surface area contributed by atoms with Crippen LogP contribution in [0.3, 0.4) is 0 Å². The number of halogens is 3. The Morgan fingerprint density at radius 3 is 2.59 bits per heavy atom. The fourth-order valence-electron chi connectivity index (χ4n) is 1.60. The summed E-state index contributed by atoms with van der Waals surface area (Å²) in [5.74, 6) is -0.937. The van der Waals surface area contributed by atoms with Crippen LogP contribution in [0.2, 0.25) is 0 Å². The van der Waals surface area contributed by atoms with Crippen molar-refractivity contribution in [2.75, 3.05) is 5.32 Å². The second kappa shape index (κ2) is 6.06. The van der Waals surface area contributed by atoms with Crippen LogP contribution in [0.4, 0.5) is 23.7 Å². The molecule has 22 heavy (non-hydrogen) atoms. The van der Waals surface area contributed by atoms with Crippen molar-refractivity contribution in [2.24, 2.45) is 0 Å². The van der Waals surface area contributed by atoms with Gasteiger partial charge in [0.2, 0.25) is 0 Å².